The van der Waals surface area contributed by atoms with Gasteiger partial charge in [-0.1, -0.05) is 6.07 Å². The largest absolute Gasteiger partial charge is 0.504 e. The van der Waals surface area contributed by atoms with Crippen LogP contribution in [0.5, 0.6) is 11.5 Å². The second-order valence-electron chi connectivity index (χ2n) is 7.49. The van der Waals surface area contributed by atoms with Crippen LogP contribution in [-0.2, 0) is 26.1 Å². The van der Waals surface area contributed by atoms with Crippen molar-refractivity contribution in [1.82, 2.24) is 4.90 Å². The number of fused-ring (bicyclic) bond motifs is 1. The van der Waals surface area contributed by atoms with Crippen molar-refractivity contribution in [2.24, 2.45) is 5.92 Å². The Labute approximate surface area is 153 Å². The number of methoxy groups -OCH3 is 3. The fourth-order valence-electron chi connectivity index (χ4n) is 5.43. The zero-order valence-corrected chi connectivity index (χ0v) is 15.7. The summed E-state index contributed by atoms with van der Waals surface area (Å²) in [4.78, 5) is 15.3. The summed E-state index contributed by atoms with van der Waals surface area (Å²) in [6.45, 7) is 0.881. The molecule has 3 aliphatic rings. The van der Waals surface area contributed by atoms with Gasteiger partial charge in [0.1, 0.15) is 5.76 Å². The van der Waals surface area contributed by atoms with Crippen LogP contribution in [0.1, 0.15) is 24.0 Å². The number of carbonyl (C=O) groups excluding carboxylic acids is 1. The van der Waals surface area contributed by atoms with E-state index >= 15 is 0 Å². The summed E-state index contributed by atoms with van der Waals surface area (Å²) in [6, 6.07) is 3.85. The lowest BCUT2D eigenvalue weighted by Gasteiger charge is -2.57. The van der Waals surface area contributed by atoms with Crippen molar-refractivity contribution in [3.8, 4) is 11.5 Å². The SMILES string of the molecule is COC1=C(OC)[C@H]2[C@@H]3Cc4ccc(O)c(OC)c4[C@]2(CCN3C)CC1=O. The predicted octanol–water partition coefficient (Wildman–Crippen LogP) is 1.99. The number of likely N-dealkylation sites (N-methyl/N-ethyl adjacent to an activating group) is 1. The molecule has 0 aromatic heterocycles. The number of ketones is 1. The Morgan fingerprint density at radius 1 is 1.19 bits per heavy atom. The van der Waals surface area contributed by atoms with Crippen molar-refractivity contribution in [2.75, 3.05) is 34.9 Å². The maximum atomic E-state index is 12.9. The predicted molar refractivity (Wildman–Crippen MR) is 95.2 cm³/mol. The van der Waals surface area contributed by atoms with E-state index in [2.05, 4.69) is 11.9 Å². The summed E-state index contributed by atoms with van der Waals surface area (Å²) in [5, 5.41) is 10.4. The van der Waals surface area contributed by atoms with Crippen LogP contribution in [0.2, 0.25) is 0 Å². The van der Waals surface area contributed by atoms with Gasteiger partial charge in [0.25, 0.3) is 0 Å². The van der Waals surface area contributed by atoms with Crippen LogP contribution < -0.4 is 4.74 Å². The highest BCUT2D eigenvalue weighted by Crippen LogP contribution is 2.59. The number of piperidine rings is 1. The van der Waals surface area contributed by atoms with Crippen LogP contribution in [0, 0.1) is 5.92 Å². The first-order valence-electron chi connectivity index (χ1n) is 8.93. The average Bonchev–Trinajstić information content (AvgIpc) is 2.63. The Hall–Kier alpha value is -2.21. The molecule has 1 fully saturated rings. The van der Waals surface area contributed by atoms with Gasteiger partial charge in [-0.3, -0.25) is 4.79 Å². The molecule has 1 aromatic rings. The Balaban J connectivity index is 2.04. The maximum Gasteiger partial charge on any atom is 0.201 e. The number of carbonyl (C=O) groups is 1. The zero-order chi connectivity index (χ0) is 18.6. The van der Waals surface area contributed by atoms with Gasteiger partial charge in [-0.15, -0.1) is 0 Å². The molecule has 1 aromatic carbocycles. The lowest BCUT2D eigenvalue weighted by atomic mass is 9.52. The Morgan fingerprint density at radius 2 is 1.96 bits per heavy atom. The van der Waals surface area contributed by atoms with Crippen molar-refractivity contribution in [3.63, 3.8) is 0 Å². The number of likely N-dealkylation sites (tertiary alicyclic amines) is 1. The first kappa shape index (κ1) is 17.2. The molecule has 1 aliphatic heterocycles. The summed E-state index contributed by atoms with van der Waals surface area (Å²) >= 11 is 0. The molecule has 1 saturated heterocycles. The molecule has 1 N–H and O–H groups in total. The summed E-state index contributed by atoms with van der Waals surface area (Å²) in [5.74, 6) is 1.49. The first-order chi connectivity index (χ1) is 12.5. The number of Topliss-reactive ketones (excluding diaryl/α,β-unsaturated/α-hetero) is 1. The summed E-state index contributed by atoms with van der Waals surface area (Å²) in [6.07, 6.45) is 1.95. The van der Waals surface area contributed by atoms with E-state index in [1.165, 1.54) is 7.11 Å². The molecule has 2 aliphatic carbocycles. The average molecular weight is 359 g/mol. The van der Waals surface area contributed by atoms with Gasteiger partial charge in [0.05, 0.1) is 21.3 Å². The molecule has 4 rings (SSSR count). The maximum absolute atomic E-state index is 12.9. The third kappa shape index (κ3) is 2.05. The molecule has 6 nitrogen and oxygen atoms in total. The van der Waals surface area contributed by atoms with Crippen LogP contribution in [0.3, 0.4) is 0 Å². The van der Waals surface area contributed by atoms with Crippen LogP contribution in [0.15, 0.2) is 23.7 Å². The minimum atomic E-state index is -0.445. The highest BCUT2D eigenvalue weighted by Gasteiger charge is 2.60. The molecular weight excluding hydrogens is 334 g/mol. The van der Waals surface area contributed by atoms with Crippen LogP contribution in [0.25, 0.3) is 0 Å². The number of aromatic hydroxyl groups is 1. The molecule has 2 bridgehead atoms. The molecule has 3 atom stereocenters. The summed E-state index contributed by atoms with van der Waals surface area (Å²) in [5.41, 5.74) is 1.66. The van der Waals surface area contributed by atoms with Gasteiger partial charge in [-0.05, 0) is 38.1 Å². The molecular formula is C20H25NO5. The minimum absolute atomic E-state index is 0.0119. The smallest absolute Gasteiger partial charge is 0.201 e. The van der Waals surface area contributed by atoms with Gasteiger partial charge in [0.15, 0.2) is 17.3 Å². The van der Waals surface area contributed by atoms with E-state index in [0.29, 0.717) is 23.7 Å². The van der Waals surface area contributed by atoms with E-state index < -0.39 is 5.41 Å². The van der Waals surface area contributed by atoms with Gasteiger partial charge >= 0.3 is 0 Å². The molecule has 0 spiro atoms. The topological polar surface area (TPSA) is 68.2 Å². The number of allylic oxidation sites excluding steroid dienone is 1. The van der Waals surface area contributed by atoms with E-state index in [0.717, 1.165) is 30.5 Å². The second-order valence-corrected chi connectivity index (χ2v) is 7.49. The van der Waals surface area contributed by atoms with Crippen molar-refractivity contribution in [2.45, 2.75) is 30.7 Å². The fraction of sp³-hybridized carbons (Fsp3) is 0.550. The first-order valence-corrected chi connectivity index (χ1v) is 8.93. The summed E-state index contributed by atoms with van der Waals surface area (Å²) in [7, 11) is 6.81. The highest BCUT2D eigenvalue weighted by molar-refractivity contribution is 5.96. The van der Waals surface area contributed by atoms with Crippen molar-refractivity contribution in [3.05, 3.63) is 34.8 Å². The van der Waals surface area contributed by atoms with Crippen molar-refractivity contribution < 1.29 is 24.1 Å². The number of hydrogen-bond donors (Lipinski definition) is 1. The van der Waals surface area contributed by atoms with Gasteiger partial charge in [-0.2, -0.15) is 0 Å². The van der Waals surface area contributed by atoms with E-state index in [9.17, 15) is 9.90 Å². The molecule has 0 unspecified atom stereocenters. The third-order valence-electron chi connectivity index (χ3n) is 6.47. The zero-order valence-electron chi connectivity index (χ0n) is 15.7. The molecule has 26 heavy (non-hydrogen) atoms. The summed E-state index contributed by atoms with van der Waals surface area (Å²) < 4.78 is 16.8. The third-order valence-corrected chi connectivity index (χ3v) is 6.47. The molecule has 0 amide bonds. The van der Waals surface area contributed by atoms with E-state index in [1.807, 2.05) is 6.07 Å². The Bertz CT molecular complexity index is 802. The fourth-order valence-corrected chi connectivity index (χ4v) is 5.43. The number of benzene rings is 1. The lowest BCUT2D eigenvalue weighted by Crippen LogP contribution is -2.62. The van der Waals surface area contributed by atoms with Gasteiger partial charge in [0.2, 0.25) is 5.78 Å². The molecule has 140 valence electrons. The van der Waals surface area contributed by atoms with Crippen molar-refractivity contribution in [1.29, 1.82) is 0 Å². The van der Waals surface area contributed by atoms with E-state index in [1.54, 1.807) is 20.3 Å². The van der Waals surface area contributed by atoms with Crippen LogP contribution in [-0.4, -0.2) is 56.8 Å². The van der Waals surface area contributed by atoms with Crippen LogP contribution in [0.4, 0.5) is 0 Å². The lowest BCUT2D eigenvalue weighted by molar-refractivity contribution is -0.125. The normalized spacial score (nSPS) is 30.5. The van der Waals surface area contributed by atoms with Gasteiger partial charge < -0.3 is 24.2 Å². The molecule has 1 heterocycles. The monoisotopic (exact) mass is 359 g/mol. The number of phenols is 1. The van der Waals surface area contributed by atoms with Gasteiger partial charge in [-0.25, -0.2) is 0 Å². The molecule has 0 radical (unpaired) electrons. The molecule has 6 heteroatoms. The standard InChI is InChI=1S/C20H25NO5/c1-21-8-7-20-10-14(23)18(25-3)19(26-4)16(20)12(21)9-11-5-6-13(22)17(24-2)15(11)20/h5-6,12,16,22H,7-10H2,1-4H3/t12-,16+,20-/m0/s1. The minimum Gasteiger partial charge on any atom is -0.504 e. The molecule has 0 saturated carbocycles. The van der Waals surface area contributed by atoms with Crippen molar-refractivity contribution >= 4 is 5.78 Å². The Kier molecular flexibility index (Phi) is 3.91. The highest BCUT2D eigenvalue weighted by atomic mass is 16.5. The quantitative estimate of drug-likeness (QED) is 0.890. The number of rotatable bonds is 3. The van der Waals surface area contributed by atoms with Crippen LogP contribution >= 0.6 is 0 Å². The van der Waals surface area contributed by atoms with E-state index in [-0.39, 0.29) is 23.5 Å². The number of hydrogen-bond acceptors (Lipinski definition) is 6. The number of nitrogens with zero attached hydrogens (tertiary/aromatic N) is 1. The van der Waals surface area contributed by atoms with E-state index in [4.69, 9.17) is 14.2 Å². The number of ether oxygens (including phenoxy) is 3. The number of phenolic OH excluding ortho intramolecular Hbond substituents is 1. The Morgan fingerprint density at radius 3 is 2.62 bits per heavy atom. The van der Waals surface area contributed by atoms with Gasteiger partial charge in [0, 0.05) is 29.4 Å². The second kappa shape index (κ2) is 5.91.